The van der Waals surface area contributed by atoms with Crippen LogP contribution in [0.25, 0.3) is 10.3 Å². The van der Waals surface area contributed by atoms with Crippen LogP contribution >= 0.6 is 11.3 Å². The Kier molecular flexibility index (Phi) is 5.36. The zero-order chi connectivity index (χ0) is 19.5. The van der Waals surface area contributed by atoms with Crippen LogP contribution in [-0.4, -0.2) is 46.7 Å². The molecule has 1 amide bonds. The van der Waals surface area contributed by atoms with Gasteiger partial charge < -0.3 is 15.0 Å². The number of aromatic nitrogens is 3. The van der Waals surface area contributed by atoms with Crippen molar-refractivity contribution in [1.29, 1.82) is 0 Å². The van der Waals surface area contributed by atoms with Crippen molar-refractivity contribution in [3.05, 3.63) is 46.5 Å². The van der Waals surface area contributed by atoms with E-state index in [1.165, 1.54) is 22.2 Å². The normalized spacial score (nSPS) is 14.4. The van der Waals surface area contributed by atoms with E-state index in [1.807, 2.05) is 31.2 Å². The quantitative estimate of drug-likeness (QED) is 0.705. The summed E-state index contributed by atoms with van der Waals surface area (Å²) in [7, 11) is 0. The third-order valence-electron chi connectivity index (χ3n) is 4.64. The van der Waals surface area contributed by atoms with Crippen LogP contribution in [-0.2, 0) is 22.5 Å². The molecule has 9 heteroatoms. The van der Waals surface area contributed by atoms with Crippen molar-refractivity contribution in [3.8, 4) is 0 Å². The van der Waals surface area contributed by atoms with Gasteiger partial charge in [0, 0.05) is 18.8 Å². The lowest BCUT2D eigenvalue weighted by Gasteiger charge is -2.25. The number of carbonyl (C=O) groups excluding carboxylic acids is 1. The maximum Gasteiger partial charge on any atom is 0.273 e. The summed E-state index contributed by atoms with van der Waals surface area (Å²) in [5.41, 5.74) is 1.99. The van der Waals surface area contributed by atoms with Gasteiger partial charge in [-0.15, -0.1) is 0 Å². The molecule has 0 aliphatic carbocycles. The van der Waals surface area contributed by atoms with Gasteiger partial charge in [0.05, 0.1) is 13.2 Å². The summed E-state index contributed by atoms with van der Waals surface area (Å²) in [6.45, 7) is 4.72. The molecule has 28 heavy (non-hydrogen) atoms. The number of morpholine rings is 1. The molecule has 3 heterocycles. The van der Waals surface area contributed by atoms with Crippen molar-refractivity contribution >= 4 is 38.4 Å². The lowest BCUT2D eigenvalue weighted by Crippen LogP contribution is -2.36. The number of fused-ring (bicyclic) bond motifs is 1. The van der Waals surface area contributed by atoms with E-state index in [9.17, 15) is 9.59 Å². The fourth-order valence-corrected chi connectivity index (χ4v) is 4.15. The van der Waals surface area contributed by atoms with Crippen molar-refractivity contribution < 1.29 is 9.53 Å². The van der Waals surface area contributed by atoms with Crippen molar-refractivity contribution in [2.75, 3.05) is 36.5 Å². The number of rotatable bonds is 5. The summed E-state index contributed by atoms with van der Waals surface area (Å²) in [5, 5.41) is 3.65. The first-order valence-electron chi connectivity index (χ1n) is 9.22. The van der Waals surface area contributed by atoms with Crippen LogP contribution in [0.5, 0.6) is 0 Å². The Balaban J connectivity index is 1.54. The first-order chi connectivity index (χ1) is 13.7. The highest BCUT2D eigenvalue weighted by atomic mass is 32.1. The average molecular weight is 399 g/mol. The number of nitrogens with zero attached hydrogens (tertiary/aromatic N) is 4. The molecule has 1 aromatic carbocycles. The summed E-state index contributed by atoms with van der Waals surface area (Å²) in [5.74, 6) is -0.262. The molecule has 1 saturated heterocycles. The van der Waals surface area contributed by atoms with Crippen LogP contribution in [0.1, 0.15) is 12.5 Å². The third kappa shape index (κ3) is 3.76. The fraction of sp³-hybridized carbons (Fsp3) is 0.368. The molecule has 1 aliphatic heterocycles. The van der Waals surface area contributed by atoms with Crippen molar-refractivity contribution in [2.45, 2.75) is 19.9 Å². The molecule has 0 spiro atoms. The van der Waals surface area contributed by atoms with E-state index < -0.39 is 0 Å². The number of thiazole rings is 1. The predicted octanol–water partition coefficient (Wildman–Crippen LogP) is 1.89. The van der Waals surface area contributed by atoms with E-state index in [4.69, 9.17) is 4.74 Å². The topological polar surface area (TPSA) is 89.3 Å². The number of aryl methyl sites for hydroxylation is 1. The summed E-state index contributed by atoms with van der Waals surface area (Å²) < 4.78 is 7.15. The molecule has 0 bridgehead atoms. The molecule has 1 fully saturated rings. The van der Waals surface area contributed by atoms with Gasteiger partial charge in [-0.1, -0.05) is 36.5 Å². The first kappa shape index (κ1) is 18.6. The Labute approximate surface area is 165 Å². The lowest BCUT2D eigenvalue weighted by atomic mass is 10.1. The summed E-state index contributed by atoms with van der Waals surface area (Å²) >= 11 is 1.31. The minimum atomic E-state index is -0.262. The van der Waals surface area contributed by atoms with Crippen LogP contribution in [0, 0.1) is 0 Å². The number of hydrogen-bond donors (Lipinski definition) is 1. The van der Waals surface area contributed by atoms with E-state index in [0.29, 0.717) is 23.6 Å². The van der Waals surface area contributed by atoms with E-state index in [-0.39, 0.29) is 18.0 Å². The van der Waals surface area contributed by atoms with Crippen molar-refractivity contribution in [2.24, 2.45) is 0 Å². The number of hydrogen-bond acceptors (Lipinski definition) is 7. The molecular formula is C19H21N5O3S. The smallest absolute Gasteiger partial charge is 0.273 e. The highest BCUT2D eigenvalue weighted by molar-refractivity contribution is 7.22. The van der Waals surface area contributed by atoms with Gasteiger partial charge >= 0.3 is 0 Å². The van der Waals surface area contributed by atoms with Crippen molar-refractivity contribution in [1.82, 2.24) is 14.5 Å². The van der Waals surface area contributed by atoms with Crippen LogP contribution in [0.15, 0.2) is 35.4 Å². The van der Waals surface area contributed by atoms with Gasteiger partial charge in [-0.05, 0) is 18.1 Å². The maximum atomic E-state index is 12.8. The molecule has 0 unspecified atom stereocenters. The Bertz CT molecular complexity index is 1060. The van der Waals surface area contributed by atoms with E-state index in [0.717, 1.165) is 35.9 Å². The second kappa shape index (κ2) is 8.07. The van der Waals surface area contributed by atoms with E-state index in [1.54, 1.807) is 0 Å². The van der Waals surface area contributed by atoms with Crippen LogP contribution in [0.2, 0.25) is 0 Å². The summed E-state index contributed by atoms with van der Waals surface area (Å²) in [6.07, 6.45) is 2.20. The standard InChI is InChI=1S/C19H21N5O3S/c1-2-13-5-3-4-6-14(13)21-15(25)11-24-12-20-17-16(18(24)26)28-19(22-17)23-7-9-27-10-8-23/h3-6,12H,2,7-11H2,1H3,(H,21,25). The van der Waals surface area contributed by atoms with E-state index >= 15 is 0 Å². The molecule has 1 N–H and O–H groups in total. The number of para-hydroxylation sites is 1. The lowest BCUT2D eigenvalue weighted by molar-refractivity contribution is -0.116. The van der Waals surface area contributed by atoms with Gasteiger partial charge in [0.2, 0.25) is 5.91 Å². The van der Waals surface area contributed by atoms with Gasteiger partial charge in [-0.3, -0.25) is 14.2 Å². The Morgan fingerprint density at radius 1 is 1.29 bits per heavy atom. The molecule has 8 nitrogen and oxygen atoms in total. The fourth-order valence-electron chi connectivity index (χ4n) is 3.13. The Morgan fingerprint density at radius 2 is 2.07 bits per heavy atom. The summed E-state index contributed by atoms with van der Waals surface area (Å²) in [6, 6.07) is 7.64. The molecule has 1 aliphatic rings. The number of amides is 1. The largest absolute Gasteiger partial charge is 0.378 e. The maximum absolute atomic E-state index is 12.8. The molecule has 146 valence electrons. The van der Waals surface area contributed by atoms with Gasteiger partial charge in [0.15, 0.2) is 10.8 Å². The monoisotopic (exact) mass is 399 g/mol. The molecular weight excluding hydrogens is 378 g/mol. The molecule has 2 aromatic heterocycles. The number of carbonyl (C=O) groups is 1. The number of anilines is 2. The zero-order valence-corrected chi connectivity index (χ0v) is 16.4. The second-order valence-corrected chi connectivity index (χ2v) is 7.46. The number of benzene rings is 1. The molecule has 0 atom stereocenters. The zero-order valence-electron chi connectivity index (χ0n) is 15.6. The van der Waals surface area contributed by atoms with Crippen molar-refractivity contribution in [3.63, 3.8) is 0 Å². The highest BCUT2D eigenvalue weighted by Gasteiger charge is 2.18. The molecule has 3 aromatic rings. The second-order valence-electron chi connectivity index (χ2n) is 6.49. The third-order valence-corrected chi connectivity index (χ3v) is 5.73. The predicted molar refractivity (Wildman–Crippen MR) is 109 cm³/mol. The van der Waals surface area contributed by atoms with Crippen LogP contribution in [0.3, 0.4) is 0 Å². The van der Waals surface area contributed by atoms with Crippen LogP contribution in [0.4, 0.5) is 10.8 Å². The Morgan fingerprint density at radius 3 is 2.86 bits per heavy atom. The van der Waals surface area contributed by atoms with Gasteiger partial charge in [-0.25, -0.2) is 4.98 Å². The van der Waals surface area contributed by atoms with Gasteiger partial charge in [-0.2, -0.15) is 4.98 Å². The first-order valence-corrected chi connectivity index (χ1v) is 10.0. The Hall–Kier alpha value is -2.78. The summed E-state index contributed by atoms with van der Waals surface area (Å²) in [4.78, 5) is 36.1. The van der Waals surface area contributed by atoms with Gasteiger partial charge in [0.25, 0.3) is 5.56 Å². The minimum absolute atomic E-state index is 0.0926. The van der Waals surface area contributed by atoms with Gasteiger partial charge in [0.1, 0.15) is 17.6 Å². The van der Waals surface area contributed by atoms with Crippen LogP contribution < -0.4 is 15.8 Å². The average Bonchev–Trinajstić information content (AvgIpc) is 3.16. The molecule has 4 rings (SSSR count). The molecule has 0 radical (unpaired) electrons. The van der Waals surface area contributed by atoms with E-state index in [2.05, 4.69) is 20.2 Å². The molecule has 0 saturated carbocycles. The highest BCUT2D eigenvalue weighted by Crippen LogP contribution is 2.25. The number of ether oxygens (including phenoxy) is 1. The number of nitrogens with one attached hydrogen (secondary N) is 1. The SMILES string of the molecule is CCc1ccccc1NC(=O)Cn1cnc2nc(N3CCOCC3)sc2c1=O. The minimum Gasteiger partial charge on any atom is -0.378 e.